The summed E-state index contributed by atoms with van der Waals surface area (Å²) in [6.45, 7) is 5.66. The van der Waals surface area contributed by atoms with E-state index in [4.69, 9.17) is 0 Å². The van der Waals surface area contributed by atoms with Crippen LogP contribution in [0.3, 0.4) is 0 Å². The highest BCUT2D eigenvalue weighted by Crippen LogP contribution is 2.30. The van der Waals surface area contributed by atoms with E-state index in [9.17, 15) is 23.3 Å². The molecule has 1 aromatic carbocycles. The molecule has 0 saturated carbocycles. The number of Topliss-reactive ketones (excluding diaryl/α,β-unsaturated/α-hetero) is 1. The highest BCUT2D eigenvalue weighted by Gasteiger charge is 2.25. The largest absolute Gasteiger partial charge is 0.355 e. The highest BCUT2D eigenvalue weighted by molar-refractivity contribution is 7.94. The molecular weight excluding hydrogens is 514 g/mol. The summed E-state index contributed by atoms with van der Waals surface area (Å²) in [5.41, 5.74) is 4.52. The Labute approximate surface area is 229 Å². The molecule has 1 aliphatic rings. The summed E-state index contributed by atoms with van der Waals surface area (Å²) in [5.74, 6) is -0.489. The lowest BCUT2D eigenvalue weighted by Gasteiger charge is -2.25. The Morgan fingerprint density at radius 3 is 2.54 bits per heavy atom. The van der Waals surface area contributed by atoms with Gasteiger partial charge in [-0.25, -0.2) is 8.42 Å². The first-order chi connectivity index (χ1) is 18.7. The third-order valence-corrected chi connectivity index (χ3v) is 8.33. The summed E-state index contributed by atoms with van der Waals surface area (Å²) in [4.78, 5) is 32.9. The van der Waals surface area contributed by atoms with Crippen LogP contribution in [0.5, 0.6) is 0 Å². The molecule has 39 heavy (non-hydrogen) atoms. The molecule has 0 spiro atoms. The Hall–Kier alpha value is -3.81. The monoisotopic (exact) mass is 547 g/mol. The third-order valence-electron chi connectivity index (χ3n) is 6.87. The minimum absolute atomic E-state index is 0.00660. The minimum Gasteiger partial charge on any atom is -0.355 e. The normalized spacial score (nSPS) is 14.5. The molecule has 1 amide bonds. The van der Waals surface area contributed by atoms with E-state index < -0.39 is 9.84 Å². The van der Waals surface area contributed by atoms with Crippen molar-refractivity contribution in [3.8, 4) is 11.8 Å². The number of allylic oxidation sites excluding steroid dienone is 1. The average Bonchev–Trinajstić information content (AvgIpc) is 3.20. The van der Waals surface area contributed by atoms with Crippen molar-refractivity contribution in [3.63, 3.8) is 0 Å². The maximum absolute atomic E-state index is 13.5. The van der Waals surface area contributed by atoms with E-state index in [1.807, 2.05) is 29.7 Å². The maximum atomic E-state index is 13.5. The maximum Gasteiger partial charge on any atom is 0.224 e. The molecule has 0 bridgehead atoms. The molecule has 2 aromatic heterocycles. The van der Waals surface area contributed by atoms with Crippen molar-refractivity contribution in [1.29, 1.82) is 5.26 Å². The van der Waals surface area contributed by atoms with Gasteiger partial charge in [-0.05, 0) is 75.7 Å². The zero-order chi connectivity index (χ0) is 28.0. The summed E-state index contributed by atoms with van der Waals surface area (Å²) < 4.78 is 25.6. The molecule has 4 rings (SSSR count). The van der Waals surface area contributed by atoms with Gasteiger partial charge in [-0.3, -0.25) is 19.5 Å². The van der Waals surface area contributed by atoms with Gasteiger partial charge in [-0.15, -0.1) is 0 Å². The van der Waals surface area contributed by atoms with Gasteiger partial charge in [0, 0.05) is 29.5 Å². The number of carbonyl (C=O) groups is 2. The predicted octanol–water partition coefficient (Wildman–Crippen LogP) is 3.48. The molecule has 1 fully saturated rings. The number of benzene rings is 1. The van der Waals surface area contributed by atoms with Crippen molar-refractivity contribution in [3.05, 3.63) is 70.4 Å². The van der Waals surface area contributed by atoms with Crippen molar-refractivity contribution in [1.82, 2.24) is 19.8 Å². The Morgan fingerprint density at radius 1 is 1.15 bits per heavy atom. The summed E-state index contributed by atoms with van der Waals surface area (Å²) >= 11 is 0. The number of rotatable bonds is 10. The first-order valence-corrected chi connectivity index (χ1v) is 14.8. The lowest BCUT2D eigenvalue weighted by molar-refractivity contribution is -0.120. The van der Waals surface area contributed by atoms with Gasteiger partial charge in [0.1, 0.15) is 0 Å². The van der Waals surface area contributed by atoms with Gasteiger partial charge >= 0.3 is 0 Å². The molecule has 0 radical (unpaired) electrons. The number of nitrogens with one attached hydrogen (secondary N) is 1. The first-order valence-electron chi connectivity index (χ1n) is 13.1. The van der Waals surface area contributed by atoms with E-state index in [2.05, 4.69) is 21.3 Å². The summed E-state index contributed by atoms with van der Waals surface area (Å²) in [6, 6.07) is 11.1. The van der Waals surface area contributed by atoms with Crippen LogP contribution in [0.4, 0.5) is 0 Å². The van der Waals surface area contributed by atoms with Crippen LogP contribution < -0.4 is 5.32 Å². The molecule has 3 heterocycles. The van der Waals surface area contributed by atoms with E-state index in [-0.39, 0.29) is 30.4 Å². The number of pyridine rings is 1. The molecule has 0 atom stereocenters. The van der Waals surface area contributed by atoms with Crippen LogP contribution in [0.1, 0.15) is 53.4 Å². The van der Waals surface area contributed by atoms with Gasteiger partial charge < -0.3 is 9.88 Å². The van der Waals surface area contributed by atoms with Crippen molar-refractivity contribution < 1.29 is 18.0 Å². The lowest BCUT2D eigenvalue weighted by atomic mass is 10.1. The van der Waals surface area contributed by atoms with Crippen LogP contribution in [-0.2, 0) is 21.1 Å². The van der Waals surface area contributed by atoms with Crippen LogP contribution in [-0.4, -0.2) is 66.5 Å². The van der Waals surface area contributed by atoms with Crippen LogP contribution in [0.25, 0.3) is 16.7 Å². The van der Waals surface area contributed by atoms with Crippen molar-refractivity contribution in [2.24, 2.45) is 0 Å². The molecule has 3 aromatic rings. The van der Waals surface area contributed by atoms with Crippen molar-refractivity contribution >= 4 is 32.6 Å². The molecule has 10 heteroatoms. The summed E-state index contributed by atoms with van der Waals surface area (Å²) in [6.07, 6.45) is 6.42. The topological polar surface area (TPSA) is 125 Å². The molecule has 204 valence electrons. The van der Waals surface area contributed by atoms with E-state index in [1.54, 1.807) is 25.3 Å². The third kappa shape index (κ3) is 6.80. The molecule has 1 saturated heterocycles. The molecule has 9 nitrogen and oxygen atoms in total. The van der Waals surface area contributed by atoms with Gasteiger partial charge in [0.15, 0.2) is 15.6 Å². The smallest absolute Gasteiger partial charge is 0.224 e. The zero-order valence-corrected chi connectivity index (χ0v) is 23.1. The van der Waals surface area contributed by atoms with Crippen molar-refractivity contribution in [2.75, 3.05) is 31.9 Å². The predicted molar refractivity (Wildman–Crippen MR) is 150 cm³/mol. The number of fused-ring (bicyclic) bond motifs is 1. The molecule has 1 N–H and O–H groups in total. The zero-order valence-electron chi connectivity index (χ0n) is 22.3. The van der Waals surface area contributed by atoms with Crippen LogP contribution >= 0.6 is 0 Å². The number of ketones is 1. The Balaban J connectivity index is 1.65. The lowest BCUT2D eigenvalue weighted by Crippen LogP contribution is -2.34. The molecule has 0 unspecified atom stereocenters. The van der Waals surface area contributed by atoms with E-state index in [0.717, 1.165) is 42.7 Å². The van der Waals surface area contributed by atoms with E-state index in [0.29, 0.717) is 34.3 Å². The molecule has 1 aliphatic heterocycles. The number of likely N-dealkylation sites (tertiary alicyclic amines) is 1. The Kier molecular flexibility index (Phi) is 8.94. The second kappa shape index (κ2) is 12.4. The van der Waals surface area contributed by atoms with E-state index in [1.165, 1.54) is 12.5 Å². The fourth-order valence-electron chi connectivity index (χ4n) is 5.03. The van der Waals surface area contributed by atoms with Crippen molar-refractivity contribution in [2.45, 2.75) is 39.5 Å². The fraction of sp³-hybridized carbons (Fsp3) is 0.379. The van der Waals surface area contributed by atoms with Crippen LogP contribution in [0.15, 0.2) is 48.0 Å². The standard InChI is InChI=1S/C29H33N5O4S/c1-3-14-39(37,38)15-11-31-27(36)17-23-16-25-29(32-19-23)28(26(35)20-33-12-5-4-6-13-33)21(2)34(25)24-9-7-22(18-30)8-10-24/h3,7-10,14,16,19H,4-6,11-13,15,17,20H2,1-2H3,(H,31,36). The highest BCUT2D eigenvalue weighted by atomic mass is 32.2. The quantitative estimate of drug-likeness (QED) is 0.385. The number of aromatic nitrogens is 2. The fourth-order valence-corrected chi connectivity index (χ4v) is 5.96. The molecular formula is C29H33N5O4S. The molecule has 0 aliphatic carbocycles. The number of hydrogen-bond acceptors (Lipinski definition) is 7. The number of nitrogens with zero attached hydrogens (tertiary/aromatic N) is 4. The van der Waals surface area contributed by atoms with Crippen LogP contribution in [0, 0.1) is 18.3 Å². The van der Waals surface area contributed by atoms with Crippen LogP contribution in [0.2, 0.25) is 0 Å². The number of sulfone groups is 1. The number of nitriles is 1. The van der Waals surface area contributed by atoms with Gasteiger partial charge in [-0.1, -0.05) is 12.5 Å². The van der Waals surface area contributed by atoms with Gasteiger partial charge in [-0.2, -0.15) is 5.26 Å². The number of piperidine rings is 1. The van der Waals surface area contributed by atoms with Gasteiger partial charge in [0.05, 0.1) is 46.9 Å². The average molecular weight is 548 g/mol. The number of hydrogen-bond donors (Lipinski definition) is 1. The minimum atomic E-state index is -3.36. The Morgan fingerprint density at radius 2 is 1.87 bits per heavy atom. The first kappa shape index (κ1) is 28.2. The van der Waals surface area contributed by atoms with Gasteiger partial charge in [0.2, 0.25) is 5.91 Å². The van der Waals surface area contributed by atoms with E-state index >= 15 is 0 Å². The SMILES string of the molecule is CC=CS(=O)(=O)CCNC(=O)Cc1cnc2c(C(=O)CN3CCCCC3)c(C)n(-c3ccc(C#N)cc3)c2c1. The second-order valence-corrected chi connectivity index (χ2v) is 11.8. The summed E-state index contributed by atoms with van der Waals surface area (Å²) in [5, 5.41) is 13.0. The Bertz CT molecular complexity index is 1540. The summed E-state index contributed by atoms with van der Waals surface area (Å²) in [7, 11) is -3.36. The van der Waals surface area contributed by atoms with Gasteiger partial charge in [0.25, 0.3) is 0 Å². The second-order valence-electron chi connectivity index (χ2n) is 9.79. The number of carbonyl (C=O) groups excluding carboxylic acids is 2. The number of amides is 1.